The van der Waals surface area contributed by atoms with E-state index >= 15 is 0 Å². The zero-order chi connectivity index (χ0) is 19.8. The third-order valence-electron chi connectivity index (χ3n) is 4.71. The molecule has 0 radical (unpaired) electrons. The van der Waals surface area contributed by atoms with Gasteiger partial charge in [0.25, 0.3) is 0 Å². The second kappa shape index (κ2) is 10.3. The Balaban J connectivity index is 5.21. The number of esters is 1. The number of carbonyl (C=O) groups is 1. The van der Waals surface area contributed by atoms with Crippen molar-refractivity contribution < 1.29 is 19.1 Å². The van der Waals surface area contributed by atoms with Gasteiger partial charge in [-0.15, -0.1) is 0 Å². The molecular formula is C20H38O4Si. The van der Waals surface area contributed by atoms with Gasteiger partial charge in [-0.2, -0.15) is 0 Å². The van der Waals surface area contributed by atoms with Gasteiger partial charge in [0, 0.05) is 6.08 Å². The molecule has 0 aliphatic carbocycles. The first-order valence-electron chi connectivity index (χ1n) is 9.19. The first kappa shape index (κ1) is 24.1. The summed E-state index contributed by atoms with van der Waals surface area (Å²) in [5.41, 5.74) is 0.981. The quantitative estimate of drug-likeness (QED) is 0.273. The Hall–Kier alpha value is -0.913. The van der Waals surface area contributed by atoms with E-state index in [9.17, 15) is 9.90 Å². The molecule has 0 spiro atoms. The number of hydrogen-bond acceptors (Lipinski definition) is 4. The highest BCUT2D eigenvalue weighted by Crippen LogP contribution is 2.38. The van der Waals surface area contributed by atoms with Crippen LogP contribution in [0.2, 0.25) is 18.1 Å². The predicted molar refractivity (Wildman–Crippen MR) is 107 cm³/mol. The molecule has 146 valence electrons. The zero-order valence-corrected chi connectivity index (χ0v) is 18.6. The van der Waals surface area contributed by atoms with Crippen molar-refractivity contribution in [3.05, 3.63) is 23.8 Å². The molecule has 0 saturated carbocycles. The smallest absolute Gasteiger partial charge is 0.330 e. The van der Waals surface area contributed by atoms with Gasteiger partial charge in [0.1, 0.15) is 0 Å². The van der Waals surface area contributed by atoms with E-state index in [0.29, 0.717) is 13.0 Å². The Labute approximate surface area is 155 Å². The molecule has 0 aromatic carbocycles. The van der Waals surface area contributed by atoms with Gasteiger partial charge >= 0.3 is 5.97 Å². The molecule has 0 bridgehead atoms. The second-order valence-corrected chi connectivity index (χ2v) is 13.1. The maximum atomic E-state index is 11.4. The Morgan fingerprint density at radius 1 is 1.20 bits per heavy atom. The van der Waals surface area contributed by atoms with Crippen LogP contribution in [0.1, 0.15) is 54.9 Å². The van der Waals surface area contributed by atoms with Gasteiger partial charge in [0.05, 0.1) is 18.8 Å². The number of carbonyl (C=O) groups excluding carboxylic acids is 1. The maximum Gasteiger partial charge on any atom is 0.330 e. The maximum absolute atomic E-state index is 11.4. The van der Waals surface area contributed by atoms with E-state index in [2.05, 4.69) is 46.9 Å². The number of allylic oxidation sites excluding steroid dienone is 2. The molecule has 4 nitrogen and oxygen atoms in total. The van der Waals surface area contributed by atoms with Crippen molar-refractivity contribution in [2.45, 2.75) is 85.2 Å². The fourth-order valence-corrected chi connectivity index (χ4v) is 3.65. The average molecular weight is 371 g/mol. The van der Waals surface area contributed by atoms with Gasteiger partial charge in [-0.3, -0.25) is 0 Å². The lowest BCUT2D eigenvalue weighted by molar-refractivity contribution is -0.137. The van der Waals surface area contributed by atoms with Crippen LogP contribution in [0.5, 0.6) is 0 Å². The van der Waals surface area contributed by atoms with Gasteiger partial charge in [-0.1, -0.05) is 45.4 Å². The molecule has 3 atom stereocenters. The zero-order valence-electron chi connectivity index (χ0n) is 17.6. The molecular weight excluding hydrogens is 332 g/mol. The molecule has 0 saturated heterocycles. The molecule has 25 heavy (non-hydrogen) atoms. The number of rotatable bonds is 9. The molecule has 1 N–H and O–H groups in total. The van der Waals surface area contributed by atoms with Crippen LogP contribution in [0, 0.1) is 5.92 Å². The van der Waals surface area contributed by atoms with Crippen LogP contribution in [0.3, 0.4) is 0 Å². The van der Waals surface area contributed by atoms with Crippen molar-refractivity contribution in [3.8, 4) is 0 Å². The molecule has 0 aliphatic heterocycles. The molecule has 5 heteroatoms. The van der Waals surface area contributed by atoms with Crippen molar-refractivity contribution in [1.82, 2.24) is 0 Å². The standard InChI is InChI=1S/C20H38O4Si/c1-10-23-19(22)12-11-15(2)13-16(3)18(14-17(4)21)24-25(8,9)20(5,6)7/h11-13,16-18,21H,10,14H2,1-9H3/b12-11+,15-13+/t16-,17?,18-/m1/s1. The average Bonchev–Trinajstić information content (AvgIpc) is 2.42. The molecule has 0 fully saturated rings. The Kier molecular flexibility index (Phi) is 9.91. The number of aliphatic hydroxyl groups is 1. The Bertz CT molecular complexity index is 473. The summed E-state index contributed by atoms with van der Waals surface area (Å²) in [4.78, 5) is 11.4. The normalized spacial score (nSPS) is 17.4. The Morgan fingerprint density at radius 2 is 1.76 bits per heavy atom. The SMILES string of the molecule is CCOC(=O)/C=C/C(C)=C/[C@@H](C)[C@@H](CC(C)O)O[Si](C)(C)C(C)(C)C. The second-order valence-electron chi connectivity index (χ2n) is 8.36. The highest BCUT2D eigenvalue weighted by molar-refractivity contribution is 6.74. The first-order chi connectivity index (χ1) is 11.3. The minimum Gasteiger partial charge on any atom is -0.463 e. The summed E-state index contributed by atoms with van der Waals surface area (Å²) in [5.74, 6) is -0.198. The van der Waals surface area contributed by atoms with Crippen LogP contribution in [-0.2, 0) is 14.0 Å². The van der Waals surface area contributed by atoms with E-state index in [1.54, 1.807) is 19.9 Å². The van der Waals surface area contributed by atoms with E-state index in [1.165, 1.54) is 6.08 Å². The third-order valence-corrected chi connectivity index (χ3v) is 9.21. The largest absolute Gasteiger partial charge is 0.463 e. The van der Waals surface area contributed by atoms with Gasteiger partial charge in [-0.25, -0.2) is 4.79 Å². The van der Waals surface area contributed by atoms with E-state index < -0.39 is 14.4 Å². The fourth-order valence-electron chi connectivity index (χ4n) is 2.23. The predicted octanol–water partition coefficient (Wildman–Crippen LogP) is 4.85. The molecule has 0 heterocycles. The third kappa shape index (κ3) is 9.38. The van der Waals surface area contributed by atoms with E-state index in [0.717, 1.165) is 5.57 Å². The van der Waals surface area contributed by atoms with Crippen molar-refractivity contribution in [2.75, 3.05) is 6.61 Å². The van der Waals surface area contributed by atoms with E-state index in [1.807, 2.05) is 6.92 Å². The van der Waals surface area contributed by atoms with Gasteiger partial charge in [0.2, 0.25) is 0 Å². The minimum absolute atomic E-state index is 0.0492. The molecule has 0 aromatic heterocycles. The monoisotopic (exact) mass is 370 g/mol. The molecule has 0 aliphatic rings. The summed E-state index contributed by atoms with van der Waals surface area (Å²) in [6, 6.07) is 0. The topological polar surface area (TPSA) is 55.8 Å². The molecule has 1 unspecified atom stereocenters. The van der Waals surface area contributed by atoms with Crippen LogP contribution in [0.4, 0.5) is 0 Å². The lowest BCUT2D eigenvalue weighted by atomic mass is 9.97. The highest BCUT2D eigenvalue weighted by Gasteiger charge is 2.40. The van der Waals surface area contributed by atoms with Crippen molar-refractivity contribution in [1.29, 1.82) is 0 Å². The summed E-state index contributed by atoms with van der Waals surface area (Å²) in [5, 5.41) is 10.00. The summed E-state index contributed by atoms with van der Waals surface area (Å²) < 4.78 is 11.5. The molecule has 0 rings (SSSR count). The van der Waals surface area contributed by atoms with Crippen molar-refractivity contribution >= 4 is 14.3 Å². The van der Waals surface area contributed by atoms with Gasteiger partial charge in [0.15, 0.2) is 8.32 Å². The summed E-state index contributed by atoms with van der Waals surface area (Å²) in [6.45, 7) is 19.1. The van der Waals surface area contributed by atoms with Crippen molar-refractivity contribution in [3.63, 3.8) is 0 Å². The summed E-state index contributed by atoms with van der Waals surface area (Å²) in [6.07, 6.45) is 5.43. The molecule has 0 amide bonds. The minimum atomic E-state index is -1.93. The van der Waals surface area contributed by atoms with Gasteiger partial charge in [-0.05, 0) is 51.2 Å². The van der Waals surface area contributed by atoms with Crippen molar-refractivity contribution in [2.24, 2.45) is 5.92 Å². The molecule has 0 aromatic rings. The Morgan fingerprint density at radius 3 is 2.20 bits per heavy atom. The van der Waals surface area contributed by atoms with Crippen LogP contribution < -0.4 is 0 Å². The summed E-state index contributed by atoms with van der Waals surface area (Å²) >= 11 is 0. The van der Waals surface area contributed by atoms with Gasteiger partial charge < -0.3 is 14.3 Å². The van der Waals surface area contributed by atoms with Crippen LogP contribution in [0.15, 0.2) is 23.8 Å². The first-order valence-corrected chi connectivity index (χ1v) is 12.1. The van der Waals surface area contributed by atoms with E-state index in [-0.39, 0.29) is 23.0 Å². The van der Waals surface area contributed by atoms with E-state index in [4.69, 9.17) is 9.16 Å². The van der Waals surface area contributed by atoms with Crippen LogP contribution in [-0.4, -0.2) is 38.2 Å². The highest BCUT2D eigenvalue weighted by atomic mass is 28.4. The summed E-state index contributed by atoms with van der Waals surface area (Å²) in [7, 11) is -1.93. The lowest BCUT2D eigenvalue weighted by Gasteiger charge is -2.41. The van der Waals surface area contributed by atoms with Crippen LogP contribution >= 0.6 is 0 Å². The lowest BCUT2D eigenvalue weighted by Crippen LogP contribution is -2.46. The number of ether oxygens (including phenoxy) is 1. The number of hydrogen-bond donors (Lipinski definition) is 1. The fraction of sp³-hybridized carbons (Fsp3) is 0.750. The number of aliphatic hydroxyl groups excluding tert-OH is 1. The van der Waals surface area contributed by atoms with Crippen LogP contribution in [0.25, 0.3) is 0 Å².